The van der Waals surface area contributed by atoms with Gasteiger partial charge in [0.15, 0.2) is 0 Å². The molecule has 0 radical (unpaired) electrons. The van der Waals surface area contributed by atoms with E-state index in [0.717, 1.165) is 10.0 Å². The first-order valence-corrected chi connectivity index (χ1v) is 5.51. The molecular weight excluding hydrogens is 256 g/mol. The second kappa shape index (κ2) is 5.71. The van der Waals surface area contributed by atoms with Crippen LogP contribution in [0.2, 0.25) is 0 Å². The normalized spacial score (nSPS) is 10.9. The van der Waals surface area contributed by atoms with Gasteiger partial charge in [-0.2, -0.15) is 0 Å². The average Bonchev–Trinajstić information content (AvgIpc) is 2.16. The van der Waals surface area contributed by atoms with Gasteiger partial charge in [0.05, 0.1) is 6.10 Å². The molecule has 0 amide bonds. The van der Waals surface area contributed by atoms with Crippen molar-refractivity contribution < 1.29 is 9.53 Å². The molecule has 80 valence electrons. The summed E-state index contributed by atoms with van der Waals surface area (Å²) < 4.78 is 5.98. The Balaban J connectivity index is 2.57. The summed E-state index contributed by atoms with van der Waals surface area (Å²) in [4.78, 5) is 11.2. The van der Waals surface area contributed by atoms with E-state index in [2.05, 4.69) is 15.9 Å². The van der Waals surface area contributed by atoms with Crippen LogP contribution in [-0.2, 0) is 9.53 Å². The third-order valence-electron chi connectivity index (χ3n) is 1.63. The largest absolute Gasteiger partial charge is 0.460 e. The molecule has 1 aromatic carbocycles. The van der Waals surface area contributed by atoms with Gasteiger partial charge in [-0.25, -0.2) is 4.79 Å². The minimum atomic E-state index is -0.312. The second-order valence-corrected chi connectivity index (χ2v) is 4.29. The van der Waals surface area contributed by atoms with E-state index < -0.39 is 0 Å². The Hall–Kier alpha value is -1.09. The zero-order chi connectivity index (χ0) is 11.3. The maximum atomic E-state index is 11.2. The first-order valence-electron chi connectivity index (χ1n) is 4.72. The summed E-state index contributed by atoms with van der Waals surface area (Å²) in [6, 6.07) is 7.69. The zero-order valence-corrected chi connectivity index (χ0v) is 10.3. The van der Waals surface area contributed by atoms with Crippen LogP contribution in [0.4, 0.5) is 0 Å². The van der Waals surface area contributed by atoms with Gasteiger partial charge in [0.2, 0.25) is 0 Å². The van der Waals surface area contributed by atoms with Crippen molar-refractivity contribution in [2.24, 2.45) is 0 Å². The first kappa shape index (κ1) is 12.0. The summed E-state index contributed by atoms with van der Waals surface area (Å²) in [5.41, 5.74) is 0.971. The fourth-order valence-electron chi connectivity index (χ4n) is 1.01. The van der Waals surface area contributed by atoms with Crippen LogP contribution in [0.3, 0.4) is 0 Å². The molecule has 1 aromatic rings. The van der Waals surface area contributed by atoms with Crippen molar-refractivity contribution in [2.45, 2.75) is 20.0 Å². The van der Waals surface area contributed by atoms with E-state index in [-0.39, 0.29) is 12.1 Å². The minimum Gasteiger partial charge on any atom is -0.460 e. The van der Waals surface area contributed by atoms with Gasteiger partial charge in [0.25, 0.3) is 0 Å². The zero-order valence-electron chi connectivity index (χ0n) is 8.74. The van der Waals surface area contributed by atoms with Gasteiger partial charge < -0.3 is 4.74 Å². The third-order valence-corrected chi connectivity index (χ3v) is 2.16. The molecule has 0 fully saturated rings. The Bertz CT molecular complexity index is 352. The van der Waals surface area contributed by atoms with Gasteiger partial charge in [-0.15, -0.1) is 0 Å². The number of carbonyl (C=O) groups excluding carboxylic acids is 1. The fourth-order valence-corrected chi connectivity index (χ4v) is 1.27. The molecule has 0 saturated carbocycles. The van der Waals surface area contributed by atoms with Gasteiger partial charge >= 0.3 is 5.97 Å². The van der Waals surface area contributed by atoms with Crippen molar-refractivity contribution >= 4 is 28.0 Å². The molecule has 0 aliphatic rings. The molecule has 3 heteroatoms. The van der Waals surface area contributed by atoms with Crippen LogP contribution < -0.4 is 0 Å². The van der Waals surface area contributed by atoms with Gasteiger partial charge in [0, 0.05) is 10.5 Å². The molecule has 0 spiro atoms. The number of halogens is 1. The molecule has 0 aliphatic heterocycles. The molecule has 0 aliphatic carbocycles. The van der Waals surface area contributed by atoms with E-state index in [1.165, 1.54) is 6.08 Å². The number of ether oxygens (including phenoxy) is 1. The molecule has 0 bridgehead atoms. The van der Waals surface area contributed by atoms with Crippen LogP contribution in [0.1, 0.15) is 19.4 Å². The van der Waals surface area contributed by atoms with Crippen LogP contribution in [-0.4, -0.2) is 12.1 Å². The second-order valence-electron chi connectivity index (χ2n) is 3.37. The van der Waals surface area contributed by atoms with Crippen LogP contribution in [0.5, 0.6) is 0 Å². The van der Waals surface area contributed by atoms with Gasteiger partial charge in [0.1, 0.15) is 0 Å². The quantitative estimate of drug-likeness (QED) is 0.620. The van der Waals surface area contributed by atoms with Gasteiger partial charge in [-0.05, 0) is 37.6 Å². The highest BCUT2D eigenvalue weighted by atomic mass is 79.9. The van der Waals surface area contributed by atoms with E-state index in [9.17, 15) is 4.79 Å². The third kappa shape index (κ3) is 4.79. The number of carbonyl (C=O) groups is 1. The van der Waals surface area contributed by atoms with E-state index in [0.29, 0.717) is 0 Å². The molecule has 15 heavy (non-hydrogen) atoms. The number of hydrogen-bond acceptors (Lipinski definition) is 2. The topological polar surface area (TPSA) is 26.3 Å². The smallest absolute Gasteiger partial charge is 0.331 e. The lowest BCUT2D eigenvalue weighted by Gasteiger charge is -2.03. The SMILES string of the molecule is CC(C)OC(=O)/C=C/c1ccc(Br)cc1. The lowest BCUT2D eigenvalue weighted by molar-refractivity contribution is -0.141. The Morgan fingerprint density at radius 2 is 1.93 bits per heavy atom. The van der Waals surface area contributed by atoms with Crippen molar-refractivity contribution in [3.05, 3.63) is 40.4 Å². The van der Waals surface area contributed by atoms with Gasteiger partial charge in [-0.1, -0.05) is 28.1 Å². The summed E-state index contributed by atoms with van der Waals surface area (Å²) in [6.45, 7) is 3.65. The maximum absolute atomic E-state index is 11.2. The molecule has 0 aromatic heterocycles. The van der Waals surface area contributed by atoms with Crippen molar-refractivity contribution in [1.82, 2.24) is 0 Å². The molecular formula is C12H13BrO2. The Morgan fingerprint density at radius 1 is 1.33 bits per heavy atom. The minimum absolute atomic E-state index is 0.0768. The summed E-state index contributed by atoms with van der Waals surface area (Å²) in [5.74, 6) is -0.312. The Kier molecular flexibility index (Phi) is 4.56. The monoisotopic (exact) mass is 268 g/mol. The number of esters is 1. The Labute approximate surface area is 98.1 Å². The summed E-state index contributed by atoms with van der Waals surface area (Å²) in [7, 11) is 0. The van der Waals surface area contributed by atoms with Crippen LogP contribution in [0, 0.1) is 0 Å². The lowest BCUT2D eigenvalue weighted by atomic mass is 10.2. The lowest BCUT2D eigenvalue weighted by Crippen LogP contribution is -2.08. The van der Waals surface area contributed by atoms with E-state index in [4.69, 9.17) is 4.74 Å². The van der Waals surface area contributed by atoms with E-state index in [1.807, 2.05) is 38.1 Å². The molecule has 0 heterocycles. The average molecular weight is 269 g/mol. The number of hydrogen-bond donors (Lipinski definition) is 0. The van der Waals surface area contributed by atoms with E-state index >= 15 is 0 Å². The first-order chi connectivity index (χ1) is 7.08. The summed E-state index contributed by atoms with van der Waals surface area (Å²) in [6.07, 6.45) is 3.09. The highest BCUT2D eigenvalue weighted by Gasteiger charge is 1.99. The fraction of sp³-hybridized carbons (Fsp3) is 0.250. The molecule has 2 nitrogen and oxygen atoms in total. The predicted octanol–water partition coefficient (Wildman–Crippen LogP) is 3.41. The van der Waals surface area contributed by atoms with E-state index in [1.54, 1.807) is 6.08 Å². The maximum Gasteiger partial charge on any atom is 0.331 e. The summed E-state index contributed by atoms with van der Waals surface area (Å²) >= 11 is 3.34. The highest BCUT2D eigenvalue weighted by Crippen LogP contribution is 2.11. The van der Waals surface area contributed by atoms with Crippen LogP contribution in [0.25, 0.3) is 6.08 Å². The predicted molar refractivity (Wildman–Crippen MR) is 64.4 cm³/mol. The standard InChI is InChI=1S/C12H13BrO2/c1-9(2)15-12(14)8-5-10-3-6-11(13)7-4-10/h3-9H,1-2H3/b8-5+. The Morgan fingerprint density at radius 3 is 2.47 bits per heavy atom. The number of rotatable bonds is 3. The van der Waals surface area contributed by atoms with Gasteiger partial charge in [-0.3, -0.25) is 0 Å². The molecule has 0 atom stereocenters. The molecule has 0 unspecified atom stereocenters. The van der Waals surface area contributed by atoms with Crippen molar-refractivity contribution in [2.75, 3.05) is 0 Å². The summed E-state index contributed by atoms with van der Waals surface area (Å²) in [5, 5.41) is 0. The number of benzene rings is 1. The molecule has 0 saturated heterocycles. The van der Waals surface area contributed by atoms with Crippen molar-refractivity contribution in [3.63, 3.8) is 0 Å². The molecule has 0 N–H and O–H groups in total. The highest BCUT2D eigenvalue weighted by molar-refractivity contribution is 9.10. The van der Waals surface area contributed by atoms with Crippen molar-refractivity contribution in [1.29, 1.82) is 0 Å². The van der Waals surface area contributed by atoms with Crippen molar-refractivity contribution in [3.8, 4) is 0 Å². The van der Waals surface area contributed by atoms with Crippen LogP contribution in [0.15, 0.2) is 34.8 Å². The molecule has 1 rings (SSSR count). The van der Waals surface area contributed by atoms with Crippen LogP contribution >= 0.6 is 15.9 Å².